The van der Waals surface area contributed by atoms with Gasteiger partial charge >= 0.3 is 0 Å². The smallest absolute Gasteiger partial charge is 0.136 e. The monoisotopic (exact) mass is 346 g/mol. The van der Waals surface area contributed by atoms with Crippen LogP contribution in [0.1, 0.15) is 62.0 Å². The van der Waals surface area contributed by atoms with Gasteiger partial charge in [0.1, 0.15) is 11.6 Å². The molecule has 0 amide bonds. The van der Waals surface area contributed by atoms with Crippen molar-refractivity contribution >= 4 is 5.78 Å². The van der Waals surface area contributed by atoms with E-state index in [1.165, 1.54) is 5.56 Å². The van der Waals surface area contributed by atoms with E-state index in [4.69, 9.17) is 0 Å². The van der Waals surface area contributed by atoms with Crippen LogP contribution in [-0.2, 0) is 17.6 Å². The van der Waals surface area contributed by atoms with Gasteiger partial charge in [-0.25, -0.2) is 9.97 Å². The van der Waals surface area contributed by atoms with E-state index < -0.39 is 0 Å². The Morgan fingerprint density at radius 1 is 1.12 bits per heavy atom. The summed E-state index contributed by atoms with van der Waals surface area (Å²) in [5.41, 5.74) is 3.08. The Morgan fingerprint density at radius 2 is 1.77 bits per heavy atom. The molecule has 3 rings (SSSR count). The number of rotatable bonds is 7. The summed E-state index contributed by atoms with van der Waals surface area (Å²) in [6, 6.07) is 8.32. The van der Waals surface area contributed by atoms with E-state index in [9.17, 15) is 4.79 Å². The molecule has 1 aliphatic rings. The summed E-state index contributed by atoms with van der Waals surface area (Å²) in [5, 5.41) is 0. The highest BCUT2D eigenvalue weighted by atomic mass is 16.1. The van der Waals surface area contributed by atoms with Crippen LogP contribution in [0.4, 0.5) is 0 Å². The van der Waals surface area contributed by atoms with Crippen molar-refractivity contribution in [2.75, 3.05) is 0 Å². The molecule has 0 aliphatic heterocycles. The number of nitrogens with zero attached hydrogens (tertiary/aromatic N) is 2. The second kappa shape index (κ2) is 8.76. The van der Waals surface area contributed by atoms with Crippen LogP contribution in [0, 0.1) is 23.7 Å². The second-order valence-corrected chi connectivity index (χ2v) is 7.34. The van der Waals surface area contributed by atoms with Crippen molar-refractivity contribution in [3.05, 3.63) is 59.2 Å². The van der Waals surface area contributed by atoms with Gasteiger partial charge < -0.3 is 0 Å². The fourth-order valence-corrected chi connectivity index (χ4v) is 3.03. The lowest BCUT2D eigenvalue weighted by Crippen LogP contribution is -2.09. The van der Waals surface area contributed by atoms with E-state index in [-0.39, 0.29) is 0 Å². The SMILES string of the molecule is CCCc1ncc(C#Cc2ccc(CC(C)CC(=O)C3CC3)cc2)cn1. The summed E-state index contributed by atoms with van der Waals surface area (Å²) < 4.78 is 0. The number of hydrogen-bond acceptors (Lipinski definition) is 3. The van der Waals surface area contributed by atoms with Gasteiger partial charge in [0.25, 0.3) is 0 Å². The number of aryl methyl sites for hydroxylation is 1. The van der Waals surface area contributed by atoms with Crippen molar-refractivity contribution in [2.24, 2.45) is 11.8 Å². The Bertz CT molecular complexity index is 793. The van der Waals surface area contributed by atoms with Gasteiger partial charge in [-0.1, -0.05) is 37.8 Å². The molecule has 26 heavy (non-hydrogen) atoms. The zero-order chi connectivity index (χ0) is 18.4. The zero-order valence-electron chi connectivity index (χ0n) is 15.7. The maximum absolute atomic E-state index is 11.9. The fourth-order valence-electron chi connectivity index (χ4n) is 3.03. The van der Waals surface area contributed by atoms with E-state index in [1.807, 2.05) is 12.1 Å². The first-order valence-corrected chi connectivity index (χ1v) is 9.58. The van der Waals surface area contributed by atoms with Crippen LogP contribution in [0.15, 0.2) is 36.7 Å². The van der Waals surface area contributed by atoms with E-state index >= 15 is 0 Å². The normalized spacial score (nSPS) is 14.4. The summed E-state index contributed by atoms with van der Waals surface area (Å²) in [6.45, 7) is 4.28. The predicted molar refractivity (Wildman–Crippen MR) is 104 cm³/mol. The number of Topliss-reactive ketones (excluding diaryl/α,β-unsaturated/α-hetero) is 1. The first kappa shape index (κ1) is 18.3. The number of hydrogen-bond donors (Lipinski definition) is 0. The molecule has 1 fully saturated rings. The predicted octanol–water partition coefficient (Wildman–Crippen LogP) is 4.38. The minimum Gasteiger partial charge on any atom is -0.299 e. The molecular weight excluding hydrogens is 320 g/mol. The maximum Gasteiger partial charge on any atom is 0.136 e. The minimum atomic E-state index is 0.370. The molecule has 2 aromatic rings. The van der Waals surface area contributed by atoms with Crippen LogP contribution in [0.2, 0.25) is 0 Å². The molecule has 0 bridgehead atoms. The van der Waals surface area contributed by atoms with Gasteiger partial charge in [0, 0.05) is 36.7 Å². The first-order chi connectivity index (χ1) is 12.6. The molecule has 1 unspecified atom stereocenters. The van der Waals surface area contributed by atoms with Gasteiger partial charge in [-0.05, 0) is 49.3 Å². The highest BCUT2D eigenvalue weighted by Gasteiger charge is 2.29. The van der Waals surface area contributed by atoms with E-state index in [2.05, 4.69) is 47.8 Å². The lowest BCUT2D eigenvalue weighted by molar-refractivity contribution is -0.121. The standard InChI is InChI=1S/C23H26N2O/c1-3-4-23-24-15-20(16-25-23)10-7-18-5-8-19(9-6-18)13-17(2)14-22(26)21-11-12-21/h5-6,8-9,15-17,21H,3-4,11-14H2,1-2H3. The topological polar surface area (TPSA) is 42.9 Å². The van der Waals surface area contributed by atoms with Crippen LogP contribution >= 0.6 is 0 Å². The van der Waals surface area contributed by atoms with Crippen LogP contribution in [0.5, 0.6) is 0 Å². The average molecular weight is 346 g/mol. The highest BCUT2D eigenvalue weighted by molar-refractivity contribution is 5.83. The third-order valence-electron chi connectivity index (χ3n) is 4.65. The summed E-state index contributed by atoms with van der Waals surface area (Å²) in [5.74, 6) is 8.38. The molecule has 1 saturated carbocycles. The molecule has 0 saturated heterocycles. The van der Waals surface area contributed by atoms with Crippen LogP contribution in [0.3, 0.4) is 0 Å². The van der Waals surface area contributed by atoms with Gasteiger partial charge in [-0.15, -0.1) is 0 Å². The van der Waals surface area contributed by atoms with Gasteiger partial charge in [0.15, 0.2) is 0 Å². The van der Waals surface area contributed by atoms with Gasteiger partial charge in [-0.3, -0.25) is 4.79 Å². The second-order valence-electron chi connectivity index (χ2n) is 7.34. The van der Waals surface area contributed by atoms with E-state index in [0.29, 0.717) is 24.0 Å². The van der Waals surface area contributed by atoms with Crippen molar-refractivity contribution in [1.29, 1.82) is 0 Å². The molecule has 0 N–H and O–H groups in total. The largest absolute Gasteiger partial charge is 0.299 e. The van der Waals surface area contributed by atoms with E-state index in [0.717, 1.165) is 49.1 Å². The summed E-state index contributed by atoms with van der Waals surface area (Å²) >= 11 is 0. The Kier molecular flexibility index (Phi) is 6.17. The average Bonchev–Trinajstić information content (AvgIpc) is 3.48. The number of aromatic nitrogens is 2. The lowest BCUT2D eigenvalue weighted by atomic mass is 9.94. The third-order valence-corrected chi connectivity index (χ3v) is 4.65. The Labute approximate surface area is 156 Å². The van der Waals surface area contributed by atoms with Crippen LogP contribution < -0.4 is 0 Å². The Morgan fingerprint density at radius 3 is 2.38 bits per heavy atom. The summed E-state index contributed by atoms with van der Waals surface area (Å²) in [4.78, 5) is 20.6. The van der Waals surface area contributed by atoms with Gasteiger partial charge in [-0.2, -0.15) is 0 Å². The van der Waals surface area contributed by atoms with Crippen molar-refractivity contribution in [1.82, 2.24) is 9.97 Å². The van der Waals surface area contributed by atoms with Crippen molar-refractivity contribution < 1.29 is 4.79 Å². The zero-order valence-corrected chi connectivity index (χ0v) is 15.7. The fraction of sp³-hybridized carbons (Fsp3) is 0.435. The number of benzene rings is 1. The minimum absolute atomic E-state index is 0.370. The molecule has 1 aromatic carbocycles. The molecule has 1 heterocycles. The van der Waals surface area contributed by atoms with Crippen molar-refractivity contribution in [2.45, 2.75) is 52.4 Å². The van der Waals surface area contributed by atoms with Gasteiger partial charge in [0.05, 0.1) is 5.56 Å². The quantitative estimate of drug-likeness (QED) is 0.699. The van der Waals surface area contributed by atoms with Crippen molar-refractivity contribution in [3.63, 3.8) is 0 Å². The van der Waals surface area contributed by atoms with E-state index in [1.54, 1.807) is 12.4 Å². The van der Waals surface area contributed by atoms with Crippen LogP contribution in [0.25, 0.3) is 0 Å². The Balaban J connectivity index is 1.55. The number of ketones is 1. The molecule has 1 aromatic heterocycles. The number of carbonyl (C=O) groups is 1. The third kappa shape index (κ3) is 5.52. The van der Waals surface area contributed by atoms with Gasteiger partial charge in [0.2, 0.25) is 0 Å². The maximum atomic E-state index is 11.9. The molecule has 3 nitrogen and oxygen atoms in total. The molecule has 134 valence electrons. The molecular formula is C23H26N2O. The molecule has 0 radical (unpaired) electrons. The molecule has 1 atom stereocenters. The molecule has 3 heteroatoms. The first-order valence-electron chi connectivity index (χ1n) is 9.58. The van der Waals surface area contributed by atoms with Crippen molar-refractivity contribution in [3.8, 4) is 11.8 Å². The summed E-state index contributed by atoms with van der Waals surface area (Å²) in [7, 11) is 0. The lowest BCUT2D eigenvalue weighted by Gasteiger charge is -2.10. The Hall–Kier alpha value is -2.47. The molecule has 1 aliphatic carbocycles. The number of carbonyl (C=O) groups excluding carboxylic acids is 1. The molecule has 0 spiro atoms. The van der Waals surface area contributed by atoms with Crippen LogP contribution in [-0.4, -0.2) is 15.8 Å². The summed E-state index contributed by atoms with van der Waals surface area (Å²) in [6.07, 6.45) is 9.39. The highest BCUT2D eigenvalue weighted by Crippen LogP contribution is 2.32.